The van der Waals surface area contributed by atoms with Crippen molar-refractivity contribution in [2.24, 2.45) is 0 Å². The number of aromatic nitrogens is 1. The highest BCUT2D eigenvalue weighted by molar-refractivity contribution is 5.49. The molecule has 21 heavy (non-hydrogen) atoms. The number of anilines is 1. The van der Waals surface area contributed by atoms with Gasteiger partial charge in [0.05, 0.1) is 0 Å². The summed E-state index contributed by atoms with van der Waals surface area (Å²) in [5.74, 6) is 1.66. The van der Waals surface area contributed by atoms with Crippen LogP contribution in [0.3, 0.4) is 0 Å². The van der Waals surface area contributed by atoms with Crippen LogP contribution in [-0.2, 0) is 6.54 Å². The van der Waals surface area contributed by atoms with Gasteiger partial charge < -0.3 is 10.1 Å². The Bertz CT molecular complexity index is 684. The molecule has 0 atom stereocenters. The van der Waals surface area contributed by atoms with E-state index in [9.17, 15) is 0 Å². The lowest BCUT2D eigenvalue weighted by Crippen LogP contribution is -1.99. The van der Waals surface area contributed by atoms with E-state index in [1.54, 1.807) is 12.4 Å². The van der Waals surface area contributed by atoms with Crippen molar-refractivity contribution in [1.82, 2.24) is 4.98 Å². The maximum Gasteiger partial charge on any atom is 0.129 e. The summed E-state index contributed by atoms with van der Waals surface area (Å²) in [5.41, 5.74) is 2.22. The fourth-order valence-corrected chi connectivity index (χ4v) is 2.00. The van der Waals surface area contributed by atoms with Crippen molar-refractivity contribution in [3.05, 3.63) is 84.7 Å². The van der Waals surface area contributed by atoms with Crippen molar-refractivity contribution in [2.75, 3.05) is 5.32 Å². The summed E-state index contributed by atoms with van der Waals surface area (Å²) in [4.78, 5) is 4.01. The number of nitrogens with one attached hydrogen (secondary N) is 1. The highest BCUT2D eigenvalue weighted by Crippen LogP contribution is 2.24. The number of ether oxygens (including phenoxy) is 1. The number of rotatable bonds is 5. The van der Waals surface area contributed by atoms with E-state index in [1.807, 2.05) is 66.7 Å². The van der Waals surface area contributed by atoms with Gasteiger partial charge in [0.25, 0.3) is 0 Å². The minimum atomic E-state index is 0.761. The molecule has 0 aliphatic heterocycles. The molecule has 0 saturated carbocycles. The average molecular weight is 276 g/mol. The van der Waals surface area contributed by atoms with Crippen molar-refractivity contribution in [3.8, 4) is 11.5 Å². The summed E-state index contributed by atoms with van der Waals surface area (Å²) in [7, 11) is 0. The number of hydrogen-bond donors (Lipinski definition) is 1. The van der Waals surface area contributed by atoms with Gasteiger partial charge in [0, 0.05) is 30.7 Å². The number of benzene rings is 2. The van der Waals surface area contributed by atoms with E-state index in [1.165, 1.54) is 5.56 Å². The van der Waals surface area contributed by atoms with Crippen LogP contribution in [0.2, 0.25) is 0 Å². The second kappa shape index (κ2) is 6.57. The van der Waals surface area contributed by atoms with Crippen LogP contribution in [0, 0.1) is 0 Å². The summed E-state index contributed by atoms with van der Waals surface area (Å²) in [6.45, 7) is 0.761. The highest BCUT2D eigenvalue weighted by Gasteiger charge is 1.99. The summed E-state index contributed by atoms with van der Waals surface area (Å²) >= 11 is 0. The van der Waals surface area contributed by atoms with E-state index in [2.05, 4.69) is 10.3 Å². The molecule has 0 fully saturated rings. The molecule has 0 unspecified atom stereocenters. The Balaban J connectivity index is 1.66. The molecular formula is C18H16N2O. The summed E-state index contributed by atoms with van der Waals surface area (Å²) < 4.78 is 5.82. The Hall–Kier alpha value is -2.81. The Morgan fingerprint density at radius 1 is 0.810 bits per heavy atom. The molecule has 3 aromatic rings. The molecule has 1 aromatic heterocycles. The fourth-order valence-electron chi connectivity index (χ4n) is 2.00. The zero-order valence-corrected chi connectivity index (χ0v) is 11.6. The van der Waals surface area contributed by atoms with Gasteiger partial charge >= 0.3 is 0 Å². The lowest BCUT2D eigenvalue weighted by molar-refractivity contribution is 0.483. The Labute approximate surface area is 124 Å². The SMILES string of the molecule is c1ccc(Oc2cccc(NCc3ccncc3)c2)cc1. The maximum absolute atomic E-state index is 5.82. The molecule has 0 aliphatic carbocycles. The van der Waals surface area contributed by atoms with E-state index in [4.69, 9.17) is 4.74 Å². The largest absolute Gasteiger partial charge is 0.457 e. The second-order valence-corrected chi connectivity index (χ2v) is 4.65. The van der Waals surface area contributed by atoms with E-state index >= 15 is 0 Å². The molecule has 0 spiro atoms. The third-order valence-electron chi connectivity index (χ3n) is 3.06. The molecule has 0 radical (unpaired) electrons. The predicted octanol–water partition coefficient (Wildman–Crippen LogP) is 4.49. The standard InChI is InChI=1S/C18H16N2O/c1-2-6-17(7-3-1)21-18-8-4-5-16(13-18)20-14-15-9-11-19-12-10-15/h1-13,20H,14H2. The first-order valence-electron chi connectivity index (χ1n) is 6.86. The maximum atomic E-state index is 5.82. The zero-order valence-electron chi connectivity index (χ0n) is 11.6. The minimum absolute atomic E-state index is 0.761. The number of pyridine rings is 1. The molecule has 104 valence electrons. The van der Waals surface area contributed by atoms with Gasteiger partial charge in [0.15, 0.2) is 0 Å². The van der Waals surface area contributed by atoms with Gasteiger partial charge in [-0.2, -0.15) is 0 Å². The van der Waals surface area contributed by atoms with Crippen molar-refractivity contribution in [2.45, 2.75) is 6.54 Å². The third kappa shape index (κ3) is 3.83. The topological polar surface area (TPSA) is 34.1 Å². The molecule has 3 rings (SSSR count). The summed E-state index contributed by atoms with van der Waals surface area (Å²) in [5, 5.41) is 3.38. The second-order valence-electron chi connectivity index (χ2n) is 4.65. The predicted molar refractivity (Wildman–Crippen MR) is 84.5 cm³/mol. The van der Waals surface area contributed by atoms with Crippen LogP contribution in [0.5, 0.6) is 11.5 Å². The lowest BCUT2D eigenvalue weighted by Gasteiger charge is -2.09. The van der Waals surface area contributed by atoms with E-state index < -0.39 is 0 Å². The molecule has 3 heteroatoms. The van der Waals surface area contributed by atoms with Crippen LogP contribution in [0.4, 0.5) is 5.69 Å². The van der Waals surface area contributed by atoms with Crippen molar-refractivity contribution >= 4 is 5.69 Å². The van der Waals surface area contributed by atoms with Gasteiger partial charge in [-0.25, -0.2) is 0 Å². The van der Waals surface area contributed by atoms with Crippen molar-refractivity contribution in [3.63, 3.8) is 0 Å². The normalized spacial score (nSPS) is 10.1. The Morgan fingerprint density at radius 3 is 2.38 bits per heavy atom. The van der Waals surface area contributed by atoms with Crippen molar-refractivity contribution in [1.29, 1.82) is 0 Å². The van der Waals surface area contributed by atoms with Crippen molar-refractivity contribution < 1.29 is 4.74 Å². The Morgan fingerprint density at radius 2 is 1.57 bits per heavy atom. The highest BCUT2D eigenvalue weighted by atomic mass is 16.5. The van der Waals surface area contributed by atoms with E-state index in [0.29, 0.717) is 0 Å². The van der Waals surface area contributed by atoms with E-state index in [0.717, 1.165) is 23.7 Å². The molecule has 0 amide bonds. The number of para-hydroxylation sites is 1. The summed E-state index contributed by atoms with van der Waals surface area (Å²) in [6.07, 6.45) is 3.60. The van der Waals surface area contributed by atoms with Crippen LogP contribution < -0.4 is 10.1 Å². The van der Waals surface area contributed by atoms with Gasteiger partial charge in [-0.05, 0) is 42.0 Å². The lowest BCUT2D eigenvalue weighted by atomic mass is 10.2. The smallest absolute Gasteiger partial charge is 0.129 e. The fraction of sp³-hybridized carbons (Fsp3) is 0.0556. The first-order chi connectivity index (χ1) is 10.4. The molecule has 0 aliphatic rings. The van der Waals surface area contributed by atoms with E-state index in [-0.39, 0.29) is 0 Å². The van der Waals surface area contributed by atoms with Crippen LogP contribution in [0.1, 0.15) is 5.56 Å². The molecule has 0 saturated heterocycles. The molecule has 2 aromatic carbocycles. The first-order valence-corrected chi connectivity index (χ1v) is 6.86. The average Bonchev–Trinajstić information content (AvgIpc) is 2.55. The zero-order chi connectivity index (χ0) is 14.3. The molecule has 1 heterocycles. The number of nitrogens with zero attached hydrogens (tertiary/aromatic N) is 1. The summed E-state index contributed by atoms with van der Waals surface area (Å²) in [6, 6.07) is 21.7. The number of hydrogen-bond acceptors (Lipinski definition) is 3. The van der Waals surface area contributed by atoms with Crippen LogP contribution in [-0.4, -0.2) is 4.98 Å². The van der Waals surface area contributed by atoms with Gasteiger partial charge in [-0.1, -0.05) is 24.3 Å². The minimum Gasteiger partial charge on any atom is -0.457 e. The van der Waals surface area contributed by atoms with Gasteiger partial charge in [-0.15, -0.1) is 0 Å². The quantitative estimate of drug-likeness (QED) is 0.745. The van der Waals surface area contributed by atoms with Crippen LogP contribution in [0.25, 0.3) is 0 Å². The molecule has 0 bridgehead atoms. The van der Waals surface area contributed by atoms with Gasteiger partial charge in [0.2, 0.25) is 0 Å². The van der Waals surface area contributed by atoms with Gasteiger partial charge in [-0.3, -0.25) is 4.98 Å². The first kappa shape index (κ1) is 13.2. The van der Waals surface area contributed by atoms with Crippen LogP contribution >= 0.6 is 0 Å². The monoisotopic (exact) mass is 276 g/mol. The Kier molecular flexibility index (Phi) is 4.12. The van der Waals surface area contributed by atoms with Gasteiger partial charge in [0.1, 0.15) is 11.5 Å². The third-order valence-corrected chi connectivity index (χ3v) is 3.06. The molecule has 3 nitrogen and oxygen atoms in total. The van der Waals surface area contributed by atoms with Crippen LogP contribution in [0.15, 0.2) is 79.1 Å². The molecular weight excluding hydrogens is 260 g/mol. The molecule has 1 N–H and O–H groups in total.